The quantitative estimate of drug-likeness (QED) is 0.559. The number of aliphatic hydroxyl groups is 1. The average molecular weight is 367 g/mol. The third kappa shape index (κ3) is 4.62. The molecule has 0 unspecified atom stereocenters. The fraction of sp³-hybridized carbons (Fsp3) is 0.211. The molecule has 0 fully saturated rings. The Balaban J connectivity index is 1.94. The van der Waals surface area contributed by atoms with E-state index in [9.17, 15) is 0 Å². The van der Waals surface area contributed by atoms with Gasteiger partial charge in [-0.3, -0.25) is 4.98 Å². The summed E-state index contributed by atoms with van der Waals surface area (Å²) in [4.78, 5) is 13.0. The molecule has 3 rings (SSSR count). The number of nitrogens with one attached hydrogen (secondary N) is 2. The number of benzene rings is 1. The lowest BCUT2D eigenvalue weighted by Gasteiger charge is -2.13. The number of rotatable bonds is 8. The summed E-state index contributed by atoms with van der Waals surface area (Å²) >= 11 is 0. The van der Waals surface area contributed by atoms with E-state index in [2.05, 4.69) is 25.6 Å². The molecule has 3 aromatic rings. The number of methoxy groups -OCH3 is 2. The zero-order chi connectivity index (χ0) is 19.1. The van der Waals surface area contributed by atoms with Crippen LogP contribution >= 0.6 is 0 Å². The van der Waals surface area contributed by atoms with E-state index < -0.39 is 0 Å². The second-order valence-corrected chi connectivity index (χ2v) is 5.54. The fourth-order valence-electron chi connectivity index (χ4n) is 2.49. The van der Waals surface area contributed by atoms with Crippen LogP contribution in [0.25, 0.3) is 11.3 Å². The van der Waals surface area contributed by atoms with Crippen LogP contribution in [0.4, 0.5) is 17.5 Å². The summed E-state index contributed by atoms with van der Waals surface area (Å²) in [5.74, 6) is 2.28. The van der Waals surface area contributed by atoms with Crippen LogP contribution in [0.3, 0.4) is 0 Å². The maximum atomic E-state index is 9.06. The predicted octanol–water partition coefficient (Wildman–Crippen LogP) is 2.70. The van der Waals surface area contributed by atoms with Crippen molar-refractivity contribution in [1.29, 1.82) is 0 Å². The van der Waals surface area contributed by atoms with Gasteiger partial charge < -0.3 is 25.2 Å². The van der Waals surface area contributed by atoms with Gasteiger partial charge in [-0.05, 0) is 24.3 Å². The number of pyridine rings is 1. The van der Waals surface area contributed by atoms with E-state index in [-0.39, 0.29) is 6.61 Å². The van der Waals surface area contributed by atoms with E-state index in [1.54, 1.807) is 26.6 Å². The molecule has 0 saturated carbocycles. The largest absolute Gasteiger partial charge is 0.493 e. The number of hydrogen-bond acceptors (Lipinski definition) is 8. The topological polar surface area (TPSA) is 101 Å². The molecule has 0 aliphatic heterocycles. The Morgan fingerprint density at radius 1 is 0.963 bits per heavy atom. The average Bonchev–Trinajstić information content (AvgIpc) is 2.72. The highest BCUT2D eigenvalue weighted by Gasteiger charge is 2.09. The lowest BCUT2D eigenvalue weighted by molar-refractivity contribution is 0.311. The van der Waals surface area contributed by atoms with Gasteiger partial charge in [0.05, 0.1) is 26.5 Å². The second kappa shape index (κ2) is 8.81. The smallest absolute Gasteiger partial charge is 0.225 e. The van der Waals surface area contributed by atoms with Gasteiger partial charge in [-0.2, -0.15) is 4.98 Å². The van der Waals surface area contributed by atoms with Gasteiger partial charge in [0.2, 0.25) is 5.95 Å². The maximum Gasteiger partial charge on any atom is 0.225 e. The Bertz CT molecular complexity index is 890. The Kier molecular flexibility index (Phi) is 6.01. The first-order valence-electron chi connectivity index (χ1n) is 8.36. The van der Waals surface area contributed by atoms with Crippen LogP contribution in [0.1, 0.15) is 0 Å². The monoisotopic (exact) mass is 367 g/mol. The molecule has 0 aliphatic carbocycles. The summed E-state index contributed by atoms with van der Waals surface area (Å²) in [6.45, 7) is 0.344. The number of ether oxygens (including phenoxy) is 2. The molecule has 1 aromatic carbocycles. The van der Waals surface area contributed by atoms with Gasteiger partial charge in [-0.1, -0.05) is 0 Å². The van der Waals surface area contributed by atoms with Gasteiger partial charge in [0.25, 0.3) is 0 Å². The Hall–Kier alpha value is -3.39. The van der Waals surface area contributed by atoms with Gasteiger partial charge in [-0.25, -0.2) is 4.98 Å². The molecular weight excluding hydrogens is 346 g/mol. The summed E-state index contributed by atoms with van der Waals surface area (Å²) in [7, 11) is 3.18. The van der Waals surface area contributed by atoms with Gasteiger partial charge in [0.15, 0.2) is 11.5 Å². The van der Waals surface area contributed by atoms with Crippen molar-refractivity contribution in [2.45, 2.75) is 0 Å². The number of nitrogens with zero attached hydrogens (tertiary/aromatic N) is 3. The van der Waals surface area contributed by atoms with Crippen LogP contribution in [-0.4, -0.2) is 47.4 Å². The van der Waals surface area contributed by atoms with E-state index in [1.807, 2.05) is 36.4 Å². The lowest BCUT2D eigenvalue weighted by Crippen LogP contribution is -2.10. The van der Waals surface area contributed by atoms with Crippen LogP contribution in [0.2, 0.25) is 0 Å². The van der Waals surface area contributed by atoms with Crippen LogP contribution in [0.15, 0.2) is 48.8 Å². The summed E-state index contributed by atoms with van der Waals surface area (Å²) < 4.78 is 10.6. The molecule has 2 heterocycles. The molecule has 27 heavy (non-hydrogen) atoms. The zero-order valence-corrected chi connectivity index (χ0v) is 15.1. The summed E-state index contributed by atoms with van der Waals surface area (Å²) in [6, 6.07) is 11.1. The van der Waals surface area contributed by atoms with Gasteiger partial charge in [0.1, 0.15) is 5.82 Å². The molecule has 2 aromatic heterocycles. The van der Waals surface area contributed by atoms with E-state index in [0.717, 1.165) is 16.9 Å². The van der Waals surface area contributed by atoms with Crippen molar-refractivity contribution in [3.8, 4) is 22.8 Å². The molecule has 0 spiro atoms. The van der Waals surface area contributed by atoms with Crippen molar-refractivity contribution >= 4 is 17.5 Å². The number of anilines is 3. The van der Waals surface area contributed by atoms with Crippen molar-refractivity contribution in [2.24, 2.45) is 0 Å². The van der Waals surface area contributed by atoms with Crippen LogP contribution < -0.4 is 20.1 Å². The number of hydrogen-bond donors (Lipinski definition) is 3. The molecule has 3 N–H and O–H groups in total. The van der Waals surface area contributed by atoms with Gasteiger partial charge in [-0.15, -0.1) is 0 Å². The summed E-state index contributed by atoms with van der Waals surface area (Å²) in [6.07, 6.45) is 3.42. The van der Waals surface area contributed by atoms with E-state index in [1.165, 1.54) is 0 Å². The summed E-state index contributed by atoms with van der Waals surface area (Å²) in [5.41, 5.74) is 2.44. The molecule has 8 heteroatoms. The van der Waals surface area contributed by atoms with Gasteiger partial charge in [0, 0.05) is 42.3 Å². The van der Waals surface area contributed by atoms with E-state index >= 15 is 0 Å². The molecule has 8 nitrogen and oxygen atoms in total. The summed E-state index contributed by atoms with van der Waals surface area (Å²) in [5, 5.41) is 15.3. The third-order valence-electron chi connectivity index (χ3n) is 3.75. The zero-order valence-electron chi connectivity index (χ0n) is 15.1. The minimum atomic E-state index is -0.0126. The minimum absolute atomic E-state index is 0.0126. The standard InChI is InChI=1S/C19H21N5O3/c1-26-16-4-3-14(11-17(16)27-2)22-18-12-15(13-5-7-20-8-6-13)23-19(24-18)21-9-10-25/h3-8,11-12,25H,9-10H2,1-2H3,(H2,21,22,23,24). The molecule has 0 atom stereocenters. The predicted molar refractivity (Wildman–Crippen MR) is 104 cm³/mol. The number of aromatic nitrogens is 3. The van der Waals surface area contributed by atoms with Crippen LogP contribution in [0, 0.1) is 0 Å². The highest BCUT2D eigenvalue weighted by Crippen LogP contribution is 2.31. The highest BCUT2D eigenvalue weighted by molar-refractivity contribution is 5.68. The minimum Gasteiger partial charge on any atom is -0.493 e. The van der Waals surface area contributed by atoms with Crippen LogP contribution in [-0.2, 0) is 0 Å². The molecular formula is C19H21N5O3. The van der Waals surface area contributed by atoms with Crippen molar-refractivity contribution in [3.63, 3.8) is 0 Å². The Morgan fingerprint density at radius 3 is 2.44 bits per heavy atom. The van der Waals surface area contributed by atoms with Crippen molar-refractivity contribution in [3.05, 3.63) is 48.8 Å². The first kappa shape index (κ1) is 18.4. The van der Waals surface area contributed by atoms with E-state index in [4.69, 9.17) is 14.6 Å². The first-order chi connectivity index (χ1) is 13.2. The van der Waals surface area contributed by atoms with Crippen molar-refractivity contribution in [1.82, 2.24) is 15.0 Å². The molecule has 0 amide bonds. The molecule has 0 radical (unpaired) electrons. The highest BCUT2D eigenvalue weighted by atomic mass is 16.5. The van der Waals surface area contributed by atoms with E-state index in [0.29, 0.717) is 29.8 Å². The third-order valence-corrected chi connectivity index (χ3v) is 3.75. The lowest BCUT2D eigenvalue weighted by atomic mass is 10.2. The SMILES string of the molecule is COc1ccc(Nc2cc(-c3ccncc3)nc(NCCO)n2)cc1OC. The first-order valence-corrected chi connectivity index (χ1v) is 8.36. The fourth-order valence-corrected chi connectivity index (χ4v) is 2.49. The normalized spacial score (nSPS) is 10.3. The molecule has 0 bridgehead atoms. The second-order valence-electron chi connectivity index (χ2n) is 5.54. The Labute approximate surface area is 157 Å². The molecule has 140 valence electrons. The Morgan fingerprint density at radius 2 is 1.74 bits per heavy atom. The van der Waals surface area contributed by atoms with Gasteiger partial charge >= 0.3 is 0 Å². The van der Waals surface area contributed by atoms with Crippen molar-refractivity contribution in [2.75, 3.05) is 38.0 Å². The molecule has 0 saturated heterocycles. The number of aliphatic hydroxyl groups excluding tert-OH is 1. The van der Waals surface area contributed by atoms with Crippen molar-refractivity contribution < 1.29 is 14.6 Å². The van der Waals surface area contributed by atoms with Crippen LogP contribution in [0.5, 0.6) is 11.5 Å². The maximum absolute atomic E-state index is 9.06. The molecule has 0 aliphatic rings.